The van der Waals surface area contributed by atoms with Crippen molar-refractivity contribution in [1.82, 2.24) is 5.32 Å². The molecule has 1 unspecified atom stereocenters. The molecule has 0 fully saturated rings. The third-order valence-electron chi connectivity index (χ3n) is 3.35. The van der Waals surface area contributed by atoms with Crippen LogP contribution in [-0.2, 0) is 20.7 Å². The number of carbonyl (C=O) groups excluding carboxylic acids is 2. The number of nitrogens with one attached hydrogen (secondary N) is 1. The number of carbonyl (C=O) groups is 2. The lowest BCUT2D eigenvalue weighted by atomic mass is 9.99. The van der Waals surface area contributed by atoms with Gasteiger partial charge in [0.15, 0.2) is 0 Å². The van der Waals surface area contributed by atoms with E-state index >= 15 is 0 Å². The van der Waals surface area contributed by atoms with Crippen LogP contribution in [0.5, 0.6) is 5.75 Å². The summed E-state index contributed by atoms with van der Waals surface area (Å²) in [6, 6.07) is 4.51. The lowest BCUT2D eigenvalue weighted by Gasteiger charge is -2.25. The van der Waals surface area contributed by atoms with Crippen molar-refractivity contribution in [3.05, 3.63) is 29.3 Å². The van der Waals surface area contributed by atoms with Gasteiger partial charge in [-0.05, 0) is 78.1 Å². The number of aromatic hydroxyl groups is 1. The van der Waals surface area contributed by atoms with Gasteiger partial charge in [-0.1, -0.05) is 6.07 Å². The molecule has 146 valence electrons. The van der Waals surface area contributed by atoms with Crippen molar-refractivity contribution in [2.45, 2.75) is 78.6 Å². The van der Waals surface area contributed by atoms with Crippen LogP contribution >= 0.6 is 0 Å². The topological polar surface area (TPSA) is 84.9 Å². The molecule has 2 N–H and O–H groups in total. The van der Waals surface area contributed by atoms with E-state index in [0.717, 1.165) is 11.1 Å². The molecule has 0 saturated heterocycles. The first-order chi connectivity index (χ1) is 11.7. The summed E-state index contributed by atoms with van der Waals surface area (Å²) in [5.41, 5.74) is 0.563. The minimum atomic E-state index is -0.637. The first kappa shape index (κ1) is 21.8. The number of aryl methyl sites for hydroxylation is 1. The van der Waals surface area contributed by atoms with Crippen molar-refractivity contribution in [2.24, 2.45) is 0 Å². The molecule has 0 bridgehead atoms. The first-order valence-electron chi connectivity index (χ1n) is 8.75. The fourth-order valence-corrected chi connectivity index (χ4v) is 2.38. The molecule has 0 heterocycles. The van der Waals surface area contributed by atoms with Crippen LogP contribution in [0.15, 0.2) is 18.2 Å². The monoisotopic (exact) mass is 365 g/mol. The van der Waals surface area contributed by atoms with E-state index < -0.39 is 29.3 Å². The first-order valence-corrected chi connectivity index (χ1v) is 8.75. The van der Waals surface area contributed by atoms with Gasteiger partial charge in [0.2, 0.25) is 0 Å². The zero-order chi connectivity index (χ0) is 20.1. The summed E-state index contributed by atoms with van der Waals surface area (Å²) in [6.45, 7) is 12.6. The number of amides is 1. The van der Waals surface area contributed by atoms with E-state index in [4.69, 9.17) is 9.47 Å². The summed E-state index contributed by atoms with van der Waals surface area (Å²) in [5.74, 6) is -0.268. The van der Waals surface area contributed by atoms with Crippen LogP contribution in [-0.4, -0.2) is 34.4 Å². The van der Waals surface area contributed by atoms with Crippen LogP contribution in [0.25, 0.3) is 0 Å². The van der Waals surface area contributed by atoms with Crippen molar-refractivity contribution < 1.29 is 24.2 Å². The quantitative estimate of drug-likeness (QED) is 0.774. The van der Waals surface area contributed by atoms with E-state index in [2.05, 4.69) is 5.32 Å². The number of phenols is 1. The average Bonchev–Trinajstić information content (AvgIpc) is 2.38. The van der Waals surface area contributed by atoms with Crippen LogP contribution in [0.1, 0.15) is 59.1 Å². The summed E-state index contributed by atoms with van der Waals surface area (Å²) in [4.78, 5) is 24.4. The molecule has 0 radical (unpaired) electrons. The van der Waals surface area contributed by atoms with Crippen LogP contribution in [0, 0.1) is 6.92 Å². The Labute approximate surface area is 155 Å². The second-order valence-electron chi connectivity index (χ2n) is 8.45. The second kappa shape index (κ2) is 8.43. The van der Waals surface area contributed by atoms with Crippen molar-refractivity contribution in [1.29, 1.82) is 0 Å². The predicted octanol–water partition coefficient (Wildman–Crippen LogP) is 3.87. The standard InChI is InChI=1S/C20H31NO5/c1-13-8-9-16(22)11-14(13)10-15(12-17(23)25-19(2,3)4)21-18(24)26-20(5,6)7/h8-9,11,15,22H,10,12H2,1-7H3,(H,21,24). The second-order valence-corrected chi connectivity index (χ2v) is 8.45. The van der Waals surface area contributed by atoms with Gasteiger partial charge in [-0.15, -0.1) is 0 Å². The molecule has 0 saturated carbocycles. The van der Waals surface area contributed by atoms with Gasteiger partial charge in [-0.25, -0.2) is 4.79 Å². The normalized spacial score (nSPS) is 13.0. The molecule has 0 aliphatic heterocycles. The summed E-state index contributed by atoms with van der Waals surface area (Å²) in [7, 11) is 0. The Kier molecular flexibility index (Phi) is 7.07. The molecule has 1 atom stereocenters. The maximum Gasteiger partial charge on any atom is 0.407 e. The highest BCUT2D eigenvalue weighted by Crippen LogP contribution is 2.19. The molecule has 0 spiro atoms. The number of alkyl carbamates (subject to hydrolysis) is 1. The highest BCUT2D eigenvalue weighted by molar-refractivity contribution is 5.73. The molecule has 1 aromatic rings. The third kappa shape index (κ3) is 8.74. The van der Waals surface area contributed by atoms with Crippen molar-refractivity contribution in [3.63, 3.8) is 0 Å². The van der Waals surface area contributed by atoms with Gasteiger partial charge in [0.25, 0.3) is 0 Å². The summed E-state index contributed by atoms with van der Waals surface area (Å²) >= 11 is 0. The van der Waals surface area contributed by atoms with E-state index in [1.54, 1.807) is 59.7 Å². The van der Waals surface area contributed by atoms with Crippen LogP contribution < -0.4 is 5.32 Å². The fourth-order valence-electron chi connectivity index (χ4n) is 2.38. The fraction of sp³-hybridized carbons (Fsp3) is 0.600. The molecule has 6 heteroatoms. The number of rotatable bonds is 5. The molecule has 0 aromatic heterocycles. The maximum atomic E-state index is 12.2. The van der Waals surface area contributed by atoms with Gasteiger partial charge in [-0.3, -0.25) is 4.79 Å². The Morgan fingerprint density at radius 2 is 1.65 bits per heavy atom. The number of phenolic OH excluding ortho intramolecular Hbond substituents is 1. The smallest absolute Gasteiger partial charge is 0.407 e. The Bertz CT molecular complexity index is 611. The van der Waals surface area contributed by atoms with Gasteiger partial charge in [0.1, 0.15) is 17.0 Å². The minimum Gasteiger partial charge on any atom is -0.508 e. The molecule has 0 aliphatic rings. The van der Waals surface area contributed by atoms with Crippen molar-refractivity contribution >= 4 is 12.1 Å². The number of benzene rings is 1. The largest absolute Gasteiger partial charge is 0.508 e. The van der Waals surface area contributed by atoms with Gasteiger partial charge in [0, 0.05) is 6.04 Å². The zero-order valence-electron chi connectivity index (χ0n) is 16.8. The predicted molar refractivity (Wildman–Crippen MR) is 100 cm³/mol. The Balaban J connectivity index is 2.91. The van der Waals surface area contributed by atoms with E-state index in [1.165, 1.54) is 0 Å². The number of hydrogen-bond acceptors (Lipinski definition) is 5. The minimum absolute atomic E-state index is 0.00556. The summed E-state index contributed by atoms with van der Waals surface area (Å²) in [6.07, 6.45) is -0.214. The lowest BCUT2D eigenvalue weighted by molar-refractivity contribution is -0.155. The van der Waals surface area contributed by atoms with E-state index in [1.807, 2.05) is 6.92 Å². The Morgan fingerprint density at radius 1 is 1.08 bits per heavy atom. The SMILES string of the molecule is Cc1ccc(O)cc1CC(CC(=O)OC(C)(C)C)NC(=O)OC(C)(C)C. The molecule has 26 heavy (non-hydrogen) atoms. The molecular weight excluding hydrogens is 334 g/mol. The third-order valence-corrected chi connectivity index (χ3v) is 3.35. The van der Waals surface area contributed by atoms with Gasteiger partial charge >= 0.3 is 12.1 Å². The van der Waals surface area contributed by atoms with E-state index in [9.17, 15) is 14.7 Å². The van der Waals surface area contributed by atoms with Crippen LogP contribution in [0.3, 0.4) is 0 Å². The Morgan fingerprint density at radius 3 is 2.19 bits per heavy atom. The molecule has 6 nitrogen and oxygen atoms in total. The van der Waals surface area contributed by atoms with Crippen molar-refractivity contribution in [3.8, 4) is 5.75 Å². The highest BCUT2D eigenvalue weighted by atomic mass is 16.6. The summed E-state index contributed by atoms with van der Waals surface area (Å²) < 4.78 is 10.7. The zero-order valence-corrected chi connectivity index (χ0v) is 16.8. The van der Waals surface area contributed by atoms with Crippen molar-refractivity contribution in [2.75, 3.05) is 0 Å². The molecule has 1 aromatic carbocycles. The maximum absolute atomic E-state index is 12.2. The molecule has 1 rings (SSSR count). The average molecular weight is 365 g/mol. The van der Waals surface area contributed by atoms with Crippen LogP contribution in [0.4, 0.5) is 4.79 Å². The van der Waals surface area contributed by atoms with Crippen LogP contribution in [0.2, 0.25) is 0 Å². The van der Waals surface area contributed by atoms with Gasteiger partial charge < -0.3 is 19.9 Å². The summed E-state index contributed by atoms with van der Waals surface area (Å²) in [5, 5.41) is 12.5. The highest BCUT2D eigenvalue weighted by Gasteiger charge is 2.25. The number of hydrogen-bond donors (Lipinski definition) is 2. The Hall–Kier alpha value is -2.24. The molecular formula is C20H31NO5. The number of esters is 1. The van der Waals surface area contributed by atoms with E-state index in [-0.39, 0.29) is 12.2 Å². The molecule has 0 aliphatic carbocycles. The van der Waals surface area contributed by atoms with Gasteiger partial charge in [0.05, 0.1) is 6.42 Å². The van der Waals surface area contributed by atoms with Gasteiger partial charge in [-0.2, -0.15) is 0 Å². The number of ether oxygens (including phenoxy) is 2. The molecule has 1 amide bonds. The van der Waals surface area contributed by atoms with E-state index in [0.29, 0.717) is 6.42 Å². The lowest BCUT2D eigenvalue weighted by Crippen LogP contribution is -2.42.